The van der Waals surface area contributed by atoms with Crippen LogP contribution in [-0.2, 0) is 9.47 Å². The molecule has 0 aromatic heterocycles. The van der Waals surface area contributed by atoms with Gasteiger partial charge in [-0.15, -0.1) is 0 Å². The van der Waals surface area contributed by atoms with Gasteiger partial charge in [0.05, 0.1) is 12.6 Å². The number of carbonyl (C=O) groups is 1. The third kappa shape index (κ3) is 3.87. The van der Waals surface area contributed by atoms with E-state index in [1.165, 1.54) is 0 Å². The highest BCUT2D eigenvalue weighted by Gasteiger charge is 2.45. The summed E-state index contributed by atoms with van der Waals surface area (Å²) < 4.78 is 11.2. The number of hydrogen-bond donors (Lipinski definition) is 0. The average Bonchev–Trinajstić information content (AvgIpc) is 2.36. The second-order valence-corrected chi connectivity index (χ2v) is 6.89. The quantitative estimate of drug-likeness (QED) is 0.761. The average molecular weight is 257 g/mol. The predicted octanol–water partition coefficient (Wildman–Crippen LogP) is 3.40. The first-order valence-corrected chi connectivity index (χ1v) is 6.69. The Hall–Kier alpha value is -0.770. The molecule has 0 bridgehead atoms. The summed E-state index contributed by atoms with van der Waals surface area (Å²) in [5, 5.41) is 0. The van der Waals surface area contributed by atoms with Gasteiger partial charge in [-0.25, -0.2) is 4.79 Å². The van der Waals surface area contributed by atoms with Gasteiger partial charge in [0.15, 0.2) is 0 Å². The van der Waals surface area contributed by atoms with E-state index in [4.69, 9.17) is 9.47 Å². The SMILES string of the molecule is CC(C)C[C@H]1COC(C)(C)N1C(=O)OC(C)(C)C. The molecule has 1 saturated heterocycles. The van der Waals surface area contributed by atoms with Crippen LogP contribution in [0.4, 0.5) is 4.79 Å². The van der Waals surface area contributed by atoms with Crippen LogP contribution < -0.4 is 0 Å². The number of amides is 1. The minimum absolute atomic E-state index is 0.106. The largest absolute Gasteiger partial charge is 0.444 e. The minimum atomic E-state index is -0.581. The van der Waals surface area contributed by atoms with Crippen molar-refractivity contribution >= 4 is 6.09 Å². The van der Waals surface area contributed by atoms with Crippen molar-refractivity contribution in [2.75, 3.05) is 6.61 Å². The van der Waals surface area contributed by atoms with Gasteiger partial charge in [-0.05, 0) is 47.0 Å². The van der Waals surface area contributed by atoms with E-state index in [1.54, 1.807) is 4.90 Å². The maximum Gasteiger partial charge on any atom is 0.412 e. The first-order valence-electron chi connectivity index (χ1n) is 6.69. The molecule has 0 unspecified atom stereocenters. The van der Waals surface area contributed by atoms with Gasteiger partial charge >= 0.3 is 6.09 Å². The molecule has 1 rings (SSSR count). The van der Waals surface area contributed by atoms with Crippen LogP contribution in [0.1, 0.15) is 54.9 Å². The van der Waals surface area contributed by atoms with E-state index in [-0.39, 0.29) is 12.1 Å². The molecule has 1 heterocycles. The molecule has 1 aliphatic heterocycles. The van der Waals surface area contributed by atoms with E-state index in [0.717, 1.165) is 6.42 Å². The Labute approximate surface area is 111 Å². The fourth-order valence-electron chi connectivity index (χ4n) is 2.28. The highest BCUT2D eigenvalue weighted by Crippen LogP contribution is 2.32. The standard InChI is InChI=1S/C14H27NO3/c1-10(2)8-11-9-17-14(6,7)15(11)12(16)18-13(3,4)5/h10-11H,8-9H2,1-7H3/t11-/m0/s1. The molecule has 1 fully saturated rings. The van der Waals surface area contributed by atoms with Gasteiger partial charge in [0.1, 0.15) is 11.3 Å². The van der Waals surface area contributed by atoms with Crippen molar-refractivity contribution in [2.45, 2.75) is 72.3 Å². The highest BCUT2D eigenvalue weighted by molar-refractivity contribution is 5.69. The van der Waals surface area contributed by atoms with E-state index in [2.05, 4.69) is 13.8 Å². The summed E-state index contributed by atoms with van der Waals surface area (Å²) in [6.07, 6.45) is 0.651. The van der Waals surface area contributed by atoms with Crippen LogP contribution in [0.25, 0.3) is 0 Å². The number of ether oxygens (including phenoxy) is 2. The van der Waals surface area contributed by atoms with E-state index in [9.17, 15) is 4.79 Å². The molecule has 106 valence electrons. The molecule has 4 nitrogen and oxygen atoms in total. The minimum Gasteiger partial charge on any atom is -0.444 e. The van der Waals surface area contributed by atoms with E-state index >= 15 is 0 Å². The van der Waals surface area contributed by atoms with E-state index in [1.807, 2.05) is 34.6 Å². The molecule has 1 atom stereocenters. The van der Waals surface area contributed by atoms with Gasteiger partial charge in [0.25, 0.3) is 0 Å². The zero-order valence-electron chi connectivity index (χ0n) is 12.7. The number of carbonyl (C=O) groups excluding carboxylic acids is 1. The van der Waals surface area contributed by atoms with Crippen molar-refractivity contribution in [3.63, 3.8) is 0 Å². The molecular weight excluding hydrogens is 230 g/mol. The second-order valence-electron chi connectivity index (χ2n) is 6.89. The summed E-state index contributed by atoms with van der Waals surface area (Å²) in [6.45, 7) is 14.4. The van der Waals surface area contributed by atoms with Crippen LogP contribution in [-0.4, -0.2) is 35.0 Å². The first-order chi connectivity index (χ1) is 8.03. The molecule has 1 aliphatic rings. The molecule has 18 heavy (non-hydrogen) atoms. The van der Waals surface area contributed by atoms with Crippen LogP contribution in [0.3, 0.4) is 0 Å². The zero-order valence-corrected chi connectivity index (χ0v) is 12.7. The lowest BCUT2D eigenvalue weighted by molar-refractivity contribution is -0.0629. The molecule has 1 amide bonds. The van der Waals surface area contributed by atoms with Gasteiger partial charge in [-0.1, -0.05) is 13.8 Å². The van der Waals surface area contributed by atoms with Gasteiger partial charge in [0.2, 0.25) is 0 Å². The molecule has 0 aromatic rings. The van der Waals surface area contributed by atoms with Crippen LogP contribution in [0.15, 0.2) is 0 Å². The normalized spacial score (nSPS) is 23.6. The molecule has 0 aromatic carbocycles. The summed E-state index contributed by atoms with van der Waals surface area (Å²) in [7, 11) is 0. The molecule has 0 spiro atoms. The van der Waals surface area contributed by atoms with Crippen LogP contribution in [0.5, 0.6) is 0 Å². The molecule has 0 radical (unpaired) electrons. The fourth-order valence-corrected chi connectivity index (χ4v) is 2.28. The Bertz CT molecular complexity index is 305. The smallest absolute Gasteiger partial charge is 0.412 e. The van der Waals surface area contributed by atoms with E-state index < -0.39 is 11.3 Å². The summed E-state index contributed by atoms with van der Waals surface area (Å²) in [5.74, 6) is 0.525. The first kappa shape index (κ1) is 15.3. The highest BCUT2D eigenvalue weighted by atomic mass is 16.6. The van der Waals surface area contributed by atoms with Crippen molar-refractivity contribution in [1.29, 1.82) is 0 Å². The van der Waals surface area contributed by atoms with Crippen molar-refractivity contribution < 1.29 is 14.3 Å². The Balaban J connectivity index is 2.82. The molecule has 0 aliphatic carbocycles. The maximum absolute atomic E-state index is 12.3. The Morgan fingerprint density at radius 3 is 2.44 bits per heavy atom. The summed E-state index contributed by atoms with van der Waals surface area (Å²) in [5.41, 5.74) is -1.06. The van der Waals surface area contributed by atoms with Crippen molar-refractivity contribution in [2.24, 2.45) is 5.92 Å². The van der Waals surface area contributed by atoms with Gasteiger partial charge in [-0.2, -0.15) is 0 Å². The Morgan fingerprint density at radius 1 is 1.44 bits per heavy atom. The van der Waals surface area contributed by atoms with Crippen LogP contribution in [0, 0.1) is 5.92 Å². The third-order valence-corrected chi connectivity index (χ3v) is 2.91. The van der Waals surface area contributed by atoms with Crippen molar-refractivity contribution in [3.8, 4) is 0 Å². The molecular formula is C14H27NO3. The molecule has 0 saturated carbocycles. The van der Waals surface area contributed by atoms with Crippen molar-refractivity contribution in [1.82, 2.24) is 4.90 Å². The number of rotatable bonds is 2. The van der Waals surface area contributed by atoms with Gasteiger partial charge < -0.3 is 9.47 Å². The molecule has 0 N–H and O–H groups in total. The lowest BCUT2D eigenvalue weighted by atomic mass is 10.0. The van der Waals surface area contributed by atoms with Gasteiger partial charge in [-0.3, -0.25) is 4.90 Å². The lowest BCUT2D eigenvalue weighted by Crippen LogP contribution is -2.50. The predicted molar refractivity (Wildman–Crippen MR) is 71.3 cm³/mol. The Kier molecular flexibility index (Phi) is 4.31. The van der Waals surface area contributed by atoms with E-state index in [0.29, 0.717) is 12.5 Å². The third-order valence-electron chi connectivity index (χ3n) is 2.91. The maximum atomic E-state index is 12.3. The summed E-state index contributed by atoms with van der Waals surface area (Å²) >= 11 is 0. The summed E-state index contributed by atoms with van der Waals surface area (Å²) in [6, 6.07) is 0.106. The Morgan fingerprint density at radius 2 is 2.00 bits per heavy atom. The topological polar surface area (TPSA) is 38.8 Å². The second kappa shape index (κ2) is 5.08. The number of nitrogens with zero attached hydrogens (tertiary/aromatic N) is 1. The zero-order chi connectivity index (χ0) is 14.1. The van der Waals surface area contributed by atoms with Crippen molar-refractivity contribution in [3.05, 3.63) is 0 Å². The fraction of sp³-hybridized carbons (Fsp3) is 0.929. The summed E-state index contributed by atoms with van der Waals surface area (Å²) in [4.78, 5) is 14.0. The van der Waals surface area contributed by atoms with Crippen LogP contribution in [0.2, 0.25) is 0 Å². The van der Waals surface area contributed by atoms with Gasteiger partial charge in [0, 0.05) is 0 Å². The number of hydrogen-bond acceptors (Lipinski definition) is 3. The molecule has 4 heteroatoms. The van der Waals surface area contributed by atoms with Crippen LogP contribution >= 0.6 is 0 Å². The monoisotopic (exact) mass is 257 g/mol. The lowest BCUT2D eigenvalue weighted by Gasteiger charge is -2.35.